The van der Waals surface area contributed by atoms with E-state index in [1.165, 1.54) is 11.3 Å². The third-order valence-corrected chi connectivity index (χ3v) is 5.23. The third-order valence-electron chi connectivity index (χ3n) is 4.30. The first-order valence-electron chi connectivity index (χ1n) is 9.16. The third kappa shape index (κ3) is 4.38. The zero-order chi connectivity index (χ0) is 20.2. The lowest BCUT2D eigenvalue weighted by Gasteiger charge is -2.07. The fourth-order valence-corrected chi connectivity index (χ4v) is 3.66. The number of amides is 1. The van der Waals surface area contributed by atoms with Gasteiger partial charge in [-0.2, -0.15) is 0 Å². The molecule has 7 nitrogen and oxygen atoms in total. The second kappa shape index (κ2) is 8.32. The van der Waals surface area contributed by atoms with E-state index < -0.39 is 0 Å². The van der Waals surface area contributed by atoms with Crippen LogP contribution < -0.4 is 14.8 Å². The van der Waals surface area contributed by atoms with Crippen LogP contribution in [-0.2, 0) is 13.7 Å². The number of rotatable bonds is 7. The Bertz CT molecular complexity index is 1130. The maximum Gasteiger partial charge on any atom is 0.257 e. The summed E-state index contributed by atoms with van der Waals surface area (Å²) in [7, 11) is 1.92. The summed E-state index contributed by atoms with van der Waals surface area (Å²) in [5.74, 6) is 2.08. The fraction of sp³-hybridized carbons (Fsp3) is 0.190. The number of thiazole rings is 1. The number of fused-ring (bicyclic) bond motifs is 1. The number of hydrogen-bond donors (Lipinski definition) is 1. The van der Waals surface area contributed by atoms with Gasteiger partial charge in [-0.15, -0.1) is 0 Å². The molecular weight excluding hydrogens is 388 g/mol. The molecule has 4 rings (SSSR count). The number of hydrogen-bond acceptors (Lipinski definition) is 6. The number of carbonyl (C=O) groups excluding carboxylic acids is 1. The van der Waals surface area contributed by atoms with Gasteiger partial charge < -0.3 is 14.0 Å². The Morgan fingerprint density at radius 2 is 1.93 bits per heavy atom. The zero-order valence-corrected chi connectivity index (χ0v) is 16.9. The standard InChI is InChI=1S/C21H20N4O3S/c1-3-27-16-8-9-17-18(12-16)29-21(23-17)24-20(26)14-4-6-15(7-5-14)28-13-19-22-10-11-25(19)2/h4-12H,3,13H2,1-2H3,(H,23,24,26). The maximum absolute atomic E-state index is 12.5. The molecule has 1 amide bonds. The molecule has 0 fully saturated rings. The Hall–Kier alpha value is -3.39. The van der Waals surface area contributed by atoms with Crippen LogP contribution in [0.5, 0.6) is 11.5 Å². The molecule has 0 aliphatic rings. The Balaban J connectivity index is 1.40. The quantitative estimate of drug-likeness (QED) is 0.494. The second-order valence-corrected chi connectivity index (χ2v) is 7.33. The summed E-state index contributed by atoms with van der Waals surface area (Å²) in [5.41, 5.74) is 1.36. The topological polar surface area (TPSA) is 78.3 Å². The van der Waals surface area contributed by atoms with Crippen LogP contribution in [0.3, 0.4) is 0 Å². The van der Waals surface area contributed by atoms with E-state index in [9.17, 15) is 4.79 Å². The summed E-state index contributed by atoms with van der Waals surface area (Å²) in [5, 5.41) is 3.40. The van der Waals surface area contributed by atoms with Crippen LogP contribution in [-0.4, -0.2) is 27.0 Å². The van der Waals surface area contributed by atoms with Gasteiger partial charge >= 0.3 is 0 Å². The van der Waals surface area contributed by atoms with Crippen molar-refractivity contribution in [2.24, 2.45) is 7.05 Å². The molecule has 0 saturated heterocycles. The van der Waals surface area contributed by atoms with Crippen LogP contribution in [0, 0.1) is 0 Å². The van der Waals surface area contributed by atoms with Crippen molar-refractivity contribution in [3.05, 3.63) is 66.2 Å². The minimum absolute atomic E-state index is 0.218. The Morgan fingerprint density at radius 3 is 2.66 bits per heavy atom. The molecule has 0 radical (unpaired) electrons. The molecule has 4 aromatic rings. The summed E-state index contributed by atoms with van der Waals surface area (Å²) in [6.07, 6.45) is 3.59. The predicted molar refractivity (Wildman–Crippen MR) is 113 cm³/mol. The van der Waals surface area contributed by atoms with Crippen molar-refractivity contribution in [1.82, 2.24) is 14.5 Å². The van der Waals surface area contributed by atoms with E-state index in [1.54, 1.807) is 30.5 Å². The van der Waals surface area contributed by atoms with Gasteiger partial charge in [-0.25, -0.2) is 9.97 Å². The average Bonchev–Trinajstić information content (AvgIpc) is 3.31. The van der Waals surface area contributed by atoms with E-state index in [4.69, 9.17) is 9.47 Å². The lowest BCUT2D eigenvalue weighted by molar-refractivity contribution is 0.102. The van der Waals surface area contributed by atoms with E-state index in [1.807, 2.05) is 42.9 Å². The van der Waals surface area contributed by atoms with Crippen LogP contribution in [0.25, 0.3) is 10.2 Å². The van der Waals surface area contributed by atoms with Crippen molar-refractivity contribution in [1.29, 1.82) is 0 Å². The summed E-state index contributed by atoms with van der Waals surface area (Å²) in [6, 6.07) is 12.7. The summed E-state index contributed by atoms with van der Waals surface area (Å²) in [6.45, 7) is 2.91. The van der Waals surface area contributed by atoms with Gasteiger partial charge in [0.2, 0.25) is 0 Å². The van der Waals surface area contributed by atoms with Crippen molar-refractivity contribution in [3.63, 3.8) is 0 Å². The van der Waals surface area contributed by atoms with E-state index in [0.29, 0.717) is 29.7 Å². The van der Waals surface area contributed by atoms with Crippen LogP contribution in [0.2, 0.25) is 0 Å². The Kier molecular flexibility index (Phi) is 5.44. The predicted octanol–water partition coefficient (Wildman–Crippen LogP) is 4.26. The van der Waals surface area contributed by atoms with Gasteiger partial charge in [0.15, 0.2) is 5.13 Å². The molecule has 0 aliphatic heterocycles. The molecule has 1 N–H and O–H groups in total. The van der Waals surface area contributed by atoms with Gasteiger partial charge in [0.25, 0.3) is 5.91 Å². The smallest absolute Gasteiger partial charge is 0.257 e. The number of nitrogens with zero attached hydrogens (tertiary/aromatic N) is 3. The SMILES string of the molecule is CCOc1ccc2nc(NC(=O)c3ccc(OCc4nccn4C)cc3)sc2c1. The maximum atomic E-state index is 12.5. The summed E-state index contributed by atoms with van der Waals surface area (Å²) < 4.78 is 14.1. The molecule has 0 aliphatic carbocycles. The second-order valence-electron chi connectivity index (χ2n) is 6.30. The fourth-order valence-electron chi connectivity index (χ4n) is 2.77. The number of carbonyl (C=O) groups is 1. The molecule has 2 aromatic heterocycles. The van der Waals surface area contributed by atoms with E-state index in [0.717, 1.165) is 21.8 Å². The number of anilines is 1. The van der Waals surface area contributed by atoms with Crippen LogP contribution >= 0.6 is 11.3 Å². The average molecular weight is 408 g/mol. The van der Waals surface area contributed by atoms with Crippen molar-refractivity contribution in [2.75, 3.05) is 11.9 Å². The highest BCUT2D eigenvalue weighted by Crippen LogP contribution is 2.29. The van der Waals surface area contributed by atoms with Gasteiger partial charge in [-0.05, 0) is 49.4 Å². The summed E-state index contributed by atoms with van der Waals surface area (Å²) >= 11 is 1.41. The highest BCUT2D eigenvalue weighted by Gasteiger charge is 2.11. The first kappa shape index (κ1) is 18.9. The highest BCUT2D eigenvalue weighted by molar-refractivity contribution is 7.22. The number of aromatic nitrogens is 3. The van der Waals surface area contributed by atoms with E-state index in [-0.39, 0.29) is 5.91 Å². The zero-order valence-electron chi connectivity index (χ0n) is 16.1. The van der Waals surface area contributed by atoms with Gasteiger partial charge in [0, 0.05) is 25.0 Å². The molecule has 2 heterocycles. The summed E-state index contributed by atoms with van der Waals surface area (Å²) in [4.78, 5) is 21.2. The molecule has 29 heavy (non-hydrogen) atoms. The molecule has 0 spiro atoms. The number of nitrogens with one attached hydrogen (secondary N) is 1. The van der Waals surface area contributed by atoms with E-state index in [2.05, 4.69) is 15.3 Å². The molecule has 2 aromatic carbocycles. The van der Waals surface area contributed by atoms with Crippen LogP contribution in [0.1, 0.15) is 23.1 Å². The number of imidazole rings is 1. The minimum atomic E-state index is -0.218. The van der Waals surface area contributed by atoms with E-state index >= 15 is 0 Å². The lowest BCUT2D eigenvalue weighted by Crippen LogP contribution is -2.11. The Labute approximate surface area is 171 Å². The Morgan fingerprint density at radius 1 is 1.14 bits per heavy atom. The number of ether oxygens (including phenoxy) is 2. The van der Waals surface area contributed by atoms with Gasteiger partial charge in [-0.3, -0.25) is 10.1 Å². The van der Waals surface area contributed by atoms with Crippen molar-refractivity contribution in [2.45, 2.75) is 13.5 Å². The first-order valence-corrected chi connectivity index (χ1v) is 9.98. The molecular formula is C21H20N4O3S. The lowest BCUT2D eigenvalue weighted by atomic mass is 10.2. The molecule has 0 atom stereocenters. The van der Waals surface area contributed by atoms with Crippen LogP contribution in [0.15, 0.2) is 54.9 Å². The molecule has 0 bridgehead atoms. The molecule has 0 saturated carbocycles. The van der Waals surface area contributed by atoms with Gasteiger partial charge in [0.1, 0.15) is 23.9 Å². The number of benzene rings is 2. The van der Waals surface area contributed by atoms with Crippen LogP contribution in [0.4, 0.5) is 5.13 Å². The highest BCUT2D eigenvalue weighted by atomic mass is 32.1. The molecule has 148 valence electrons. The largest absolute Gasteiger partial charge is 0.494 e. The molecule has 0 unspecified atom stereocenters. The first-order chi connectivity index (χ1) is 14.1. The van der Waals surface area contributed by atoms with Crippen molar-refractivity contribution >= 4 is 32.6 Å². The van der Waals surface area contributed by atoms with Gasteiger partial charge in [-0.1, -0.05) is 11.3 Å². The molecule has 8 heteroatoms. The minimum Gasteiger partial charge on any atom is -0.494 e. The van der Waals surface area contributed by atoms with Crippen molar-refractivity contribution in [3.8, 4) is 11.5 Å². The number of aryl methyl sites for hydroxylation is 1. The monoisotopic (exact) mass is 408 g/mol. The normalized spacial score (nSPS) is 10.8. The van der Waals surface area contributed by atoms with Crippen molar-refractivity contribution < 1.29 is 14.3 Å². The van der Waals surface area contributed by atoms with Gasteiger partial charge in [0.05, 0.1) is 16.8 Å².